The molecular weight excluding hydrogens is 261 g/mol. The normalized spacial score (nSPS) is 28.1. The minimum atomic E-state index is -0.481. The molecule has 0 aliphatic carbocycles. The highest BCUT2D eigenvalue weighted by molar-refractivity contribution is 5.57. The standard InChI is InChI=1S/C14H14FN3O2/c15-10-5-7(1-3-11(10)16)14-17-13(18-20-14)9-6-8-2-4-12(9)19-8/h1,3,5,8-9,12H,2,4,6,16H2. The zero-order valence-corrected chi connectivity index (χ0v) is 10.8. The molecular formula is C14H14FN3O2. The van der Waals surface area contributed by atoms with Crippen LogP contribution in [0.4, 0.5) is 10.1 Å². The fourth-order valence-corrected chi connectivity index (χ4v) is 3.07. The second-order valence-electron chi connectivity index (χ2n) is 5.41. The summed E-state index contributed by atoms with van der Waals surface area (Å²) < 4.78 is 24.5. The van der Waals surface area contributed by atoms with E-state index in [2.05, 4.69) is 10.1 Å². The van der Waals surface area contributed by atoms with Crippen molar-refractivity contribution in [2.75, 3.05) is 5.73 Å². The highest BCUT2D eigenvalue weighted by Gasteiger charge is 2.43. The Balaban J connectivity index is 1.63. The van der Waals surface area contributed by atoms with Gasteiger partial charge in [-0.3, -0.25) is 0 Å². The summed E-state index contributed by atoms with van der Waals surface area (Å²) in [5.74, 6) is 0.696. The third-order valence-corrected chi connectivity index (χ3v) is 4.13. The van der Waals surface area contributed by atoms with Crippen LogP contribution in [0, 0.1) is 5.82 Å². The number of hydrogen-bond acceptors (Lipinski definition) is 5. The number of fused-ring (bicyclic) bond motifs is 2. The topological polar surface area (TPSA) is 74.2 Å². The number of nitrogens with zero attached hydrogens (tertiary/aromatic N) is 2. The molecule has 2 aliphatic heterocycles. The summed E-state index contributed by atoms with van der Waals surface area (Å²) in [6.45, 7) is 0. The van der Waals surface area contributed by atoms with Crippen molar-refractivity contribution in [1.82, 2.24) is 10.1 Å². The van der Waals surface area contributed by atoms with Crippen molar-refractivity contribution in [1.29, 1.82) is 0 Å². The highest BCUT2D eigenvalue weighted by atomic mass is 19.1. The Morgan fingerprint density at radius 2 is 2.20 bits per heavy atom. The van der Waals surface area contributed by atoms with Crippen molar-refractivity contribution in [2.45, 2.75) is 37.4 Å². The SMILES string of the molecule is Nc1ccc(-c2nc(C3CC4CCC3O4)no2)cc1F. The van der Waals surface area contributed by atoms with Gasteiger partial charge in [-0.25, -0.2) is 4.39 Å². The summed E-state index contributed by atoms with van der Waals surface area (Å²) in [6, 6.07) is 4.48. The van der Waals surface area contributed by atoms with E-state index in [9.17, 15) is 4.39 Å². The largest absolute Gasteiger partial charge is 0.396 e. The fourth-order valence-electron chi connectivity index (χ4n) is 3.07. The maximum absolute atomic E-state index is 13.5. The third-order valence-electron chi connectivity index (χ3n) is 4.13. The van der Waals surface area contributed by atoms with Crippen LogP contribution in [0.25, 0.3) is 11.5 Å². The monoisotopic (exact) mass is 275 g/mol. The lowest BCUT2D eigenvalue weighted by Crippen LogP contribution is -2.15. The molecule has 3 heterocycles. The zero-order chi connectivity index (χ0) is 13.7. The Morgan fingerprint density at radius 3 is 2.90 bits per heavy atom. The van der Waals surface area contributed by atoms with Crippen LogP contribution in [-0.4, -0.2) is 22.3 Å². The molecule has 2 bridgehead atoms. The summed E-state index contributed by atoms with van der Waals surface area (Å²) >= 11 is 0. The predicted octanol–water partition coefficient (Wildman–Crippen LogP) is 2.49. The second kappa shape index (κ2) is 4.28. The van der Waals surface area contributed by atoms with E-state index >= 15 is 0 Å². The van der Waals surface area contributed by atoms with Gasteiger partial charge in [-0.1, -0.05) is 5.16 Å². The summed E-state index contributed by atoms with van der Waals surface area (Å²) in [4.78, 5) is 4.39. The summed E-state index contributed by atoms with van der Waals surface area (Å²) in [5.41, 5.74) is 6.10. The first kappa shape index (κ1) is 11.8. The number of halogens is 1. The number of aromatic nitrogens is 2. The van der Waals surface area contributed by atoms with Crippen molar-refractivity contribution < 1.29 is 13.7 Å². The van der Waals surface area contributed by atoms with Crippen LogP contribution in [0.2, 0.25) is 0 Å². The zero-order valence-electron chi connectivity index (χ0n) is 10.8. The van der Waals surface area contributed by atoms with E-state index in [4.69, 9.17) is 15.0 Å². The molecule has 0 amide bonds. The van der Waals surface area contributed by atoms with Crippen molar-refractivity contribution in [2.24, 2.45) is 0 Å². The van der Waals surface area contributed by atoms with E-state index in [1.54, 1.807) is 6.07 Å². The molecule has 5 nitrogen and oxygen atoms in total. The highest BCUT2D eigenvalue weighted by Crippen LogP contribution is 2.43. The van der Waals surface area contributed by atoms with Crippen molar-refractivity contribution in [3.63, 3.8) is 0 Å². The van der Waals surface area contributed by atoms with Crippen LogP contribution in [0.3, 0.4) is 0 Å². The van der Waals surface area contributed by atoms with Gasteiger partial charge < -0.3 is 15.0 Å². The second-order valence-corrected chi connectivity index (χ2v) is 5.41. The first-order valence-corrected chi connectivity index (χ1v) is 6.75. The van der Waals surface area contributed by atoms with Gasteiger partial charge >= 0.3 is 0 Å². The van der Waals surface area contributed by atoms with Gasteiger partial charge in [0.1, 0.15) is 5.82 Å². The Morgan fingerprint density at radius 1 is 1.30 bits per heavy atom. The molecule has 2 aromatic rings. The molecule has 1 aromatic carbocycles. The minimum Gasteiger partial charge on any atom is -0.396 e. The molecule has 2 saturated heterocycles. The van der Waals surface area contributed by atoms with Crippen LogP contribution >= 0.6 is 0 Å². The molecule has 104 valence electrons. The number of nitrogens with two attached hydrogens (primary N) is 1. The van der Waals surface area contributed by atoms with Gasteiger partial charge in [-0.2, -0.15) is 4.98 Å². The minimum absolute atomic E-state index is 0.106. The average molecular weight is 275 g/mol. The lowest BCUT2D eigenvalue weighted by molar-refractivity contribution is 0.0996. The van der Waals surface area contributed by atoms with Gasteiger partial charge in [0.05, 0.1) is 23.8 Å². The van der Waals surface area contributed by atoms with Gasteiger partial charge in [-0.05, 0) is 37.5 Å². The van der Waals surface area contributed by atoms with E-state index < -0.39 is 5.82 Å². The summed E-state index contributed by atoms with van der Waals surface area (Å²) in [5, 5.41) is 4.03. The number of nitrogen functional groups attached to an aromatic ring is 1. The molecule has 20 heavy (non-hydrogen) atoms. The quantitative estimate of drug-likeness (QED) is 0.852. The number of hydrogen-bond donors (Lipinski definition) is 1. The summed E-state index contributed by atoms with van der Waals surface area (Å²) in [6.07, 6.45) is 3.65. The molecule has 2 fully saturated rings. The average Bonchev–Trinajstić information content (AvgIpc) is 3.16. The van der Waals surface area contributed by atoms with E-state index in [0.717, 1.165) is 19.3 Å². The first-order chi connectivity index (χ1) is 9.70. The van der Waals surface area contributed by atoms with E-state index in [1.807, 2.05) is 0 Å². The number of benzene rings is 1. The maximum atomic E-state index is 13.5. The van der Waals surface area contributed by atoms with Gasteiger partial charge in [0.15, 0.2) is 5.82 Å². The summed E-state index contributed by atoms with van der Waals surface area (Å²) in [7, 11) is 0. The van der Waals surface area contributed by atoms with Crippen LogP contribution < -0.4 is 5.73 Å². The van der Waals surface area contributed by atoms with Gasteiger partial charge in [-0.15, -0.1) is 0 Å². The molecule has 4 rings (SSSR count). The van der Waals surface area contributed by atoms with Crippen molar-refractivity contribution >= 4 is 5.69 Å². The number of ether oxygens (including phenoxy) is 1. The molecule has 3 atom stereocenters. The molecule has 0 saturated carbocycles. The Kier molecular flexibility index (Phi) is 2.53. The molecule has 6 heteroatoms. The van der Waals surface area contributed by atoms with Crippen LogP contribution in [0.15, 0.2) is 22.7 Å². The molecule has 2 N–H and O–H groups in total. The lowest BCUT2D eigenvalue weighted by Gasteiger charge is -2.13. The Bertz CT molecular complexity index is 658. The first-order valence-electron chi connectivity index (χ1n) is 6.75. The van der Waals surface area contributed by atoms with E-state index in [1.165, 1.54) is 12.1 Å². The molecule has 0 radical (unpaired) electrons. The molecule has 3 unspecified atom stereocenters. The van der Waals surface area contributed by atoms with Gasteiger partial charge in [0, 0.05) is 5.56 Å². The number of anilines is 1. The fraction of sp³-hybridized carbons (Fsp3) is 0.429. The van der Waals surface area contributed by atoms with Gasteiger partial charge in [0.2, 0.25) is 0 Å². The Labute approximate surface area is 114 Å². The van der Waals surface area contributed by atoms with Crippen LogP contribution in [0.1, 0.15) is 31.0 Å². The molecule has 1 aromatic heterocycles. The smallest absolute Gasteiger partial charge is 0.258 e. The van der Waals surface area contributed by atoms with Crippen molar-refractivity contribution in [3.8, 4) is 11.5 Å². The molecule has 0 spiro atoms. The lowest BCUT2D eigenvalue weighted by atomic mass is 9.89. The number of rotatable bonds is 2. The van der Waals surface area contributed by atoms with Crippen LogP contribution in [0.5, 0.6) is 0 Å². The van der Waals surface area contributed by atoms with Crippen molar-refractivity contribution in [3.05, 3.63) is 29.8 Å². The van der Waals surface area contributed by atoms with Gasteiger partial charge in [0.25, 0.3) is 5.89 Å². The maximum Gasteiger partial charge on any atom is 0.258 e. The van der Waals surface area contributed by atoms with E-state index in [0.29, 0.717) is 23.4 Å². The van der Waals surface area contributed by atoms with E-state index in [-0.39, 0.29) is 17.7 Å². The molecule has 2 aliphatic rings. The predicted molar refractivity (Wildman–Crippen MR) is 69.4 cm³/mol. The Hall–Kier alpha value is -1.95. The third kappa shape index (κ3) is 1.79. The van der Waals surface area contributed by atoms with Crippen LogP contribution in [-0.2, 0) is 4.74 Å².